The van der Waals surface area contributed by atoms with Gasteiger partial charge in [0.2, 0.25) is 0 Å². The van der Waals surface area contributed by atoms with Crippen molar-refractivity contribution < 1.29 is 4.74 Å². The van der Waals surface area contributed by atoms with E-state index in [1.54, 1.807) is 6.33 Å². The van der Waals surface area contributed by atoms with Gasteiger partial charge in [-0.05, 0) is 49.5 Å². The van der Waals surface area contributed by atoms with Crippen LogP contribution >= 0.6 is 0 Å². The highest BCUT2D eigenvalue weighted by molar-refractivity contribution is 4.98. The van der Waals surface area contributed by atoms with E-state index in [1.807, 2.05) is 12.3 Å². The molecule has 0 bridgehead atoms. The van der Waals surface area contributed by atoms with Gasteiger partial charge in [-0.1, -0.05) is 20.8 Å². The van der Waals surface area contributed by atoms with Gasteiger partial charge in [-0.25, -0.2) is 9.97 Å². The number of ether oxygens (including phenoxy) is 1. The lowest BCUT2D eigenvalue weighted by Crippen LogP contribution is -2.11. The van der Waals surface area contributed by atoms with Gasteiger partial charge in [0.15, 0.2) is 0 Å². The van der Waals surface area contributed by atoms with Crippen molar-refractivity contribution in [3.8, 4) is 0 Å². The molecule has 2 heterocycles. The molecular formula is C16H26N2O. The molecule has 0 amide bonds. The topological polar surface area (TPSA) is 35.0 Å². The molecule has 1 fully saturated rings. The van der Waals surface area contributed by atoms with Crippen molar-refractivity contribution >= 4 is 0 Å². The Morgan fingerprint density at radius 1 is 1.32 bits per heavy atom. The summed E-state index contributed by atoms with van der Waals surface area (Å²) in [4.78, 5) is 8.27. The van der Waals surface area contributed by atoms with E-state index in [9.17, 15) is 0 Å². The molecule has 1 aliphatic rings. The number of aromatic nitrogens is 2. The van der Waals surface area contributed by atoms with Crippen LogP contribution in [0.5, 0.6) is 0 Å². The first-order valence-electron chi connectivity index (χ1n) is 7.50. The summed E-state index contributed by atoms with van der Waals surface area (Å²) in [7, 11) is 0. The zero-order valence-electron chi connectivity index (χ0n) is 12.4. The van der Waals surface area contributed by atoms with Crippen molar-refractivity contribution in [3.63, 3.8) is 0 Å². The standard InChI is InChI=1S/C16H26N2O/c1-12(2)6-16-9-14(10-19-16)7-13(3)8-15-4-5-17-11-18-15/h4-5,11-14,16H,6-10H2,1-3H3. The van der Waals surface area contributed by atoms with Crippen LogP contribution < -0.4 is 0 Å². The normalized spacial score (nSPS) is 24.8. The minimum atomic E-state index is 0.497. The summed E-state index contributed by atoms with van der Waals surface area (Å²) in [5, 5.41) is 0. The van der Waals surface area contributed by atoms with Gasteiger partial charge in [0.1, 0.15) is 6.33 Å². The van der Waals surface area contributed by atoms with Crippen molar-refractivity contribution in [1.82, 2.24) is 9.97 Å². The average molecular weight is 262 g/mol. The predicted molar refractivity (Wildman–Crippen MR) is 76.8 cm³/mol. The SMILES string of the molecule is CC(C)CC1CC(CC(C)Cc2ccncn2)CO1. The Hall–Kier alpha value is -0.960. The van der Waals surface area contributed by atoms with E-state index in [-0.39, 0.29) is 0 Å². The number of nitrogens with zero attached hydrogens (tertiary/aromatic N) is 2. The lowest BCUT2D eigenvalue weighted by atomic mass is 9.89. The summed E-state index contributed by atoms with van der Waals surface area (Å²) in [6.07, 6.45) is 8.71. The second-order valence-corrected chi connectivity index (χ2v) is 6.43. The Kier molecular flexibility index (Phi) is 5.32. The first-order chi connectivity index (χ1) is 9.13. The molecule has 3 nitrogen and oxygen atoms in total. The van der Waals surface area contributed by atoms with E-state index >= 15 is 0 Å². The highest BCUT2D eigenvalue weighted by Crippen LogP contribution is 2.29. The van der Waals surface area contributed by atoms with Crippen LogP contribution in [0.1, 0.15) is 45.7 Å². The number of hydrogen-bond acceptors (Lipinski definition) is 3. The Bertz CT molecular complexity index is 366. The third kappa shape index (κ3) is 4.90. The Labute approximate surface area is 116 Å². The molecular weight excluding hydrogens is 236 g/mol. The van der Waals surface area contributed by atoms with Crippen LogP contribution in [-0.4, -0.2) is 22.7 Å². The summed E-state index contributed by atoms with van der Waals surface area (Å²) in [5.74, 6) is 2.14. The molecule has 3 atom stereocenters. The van der Waals surface area contributed by atoms with E-state index in [2.05, 4.69) is 30.7 Å². The molecule has 0 radical (unpaired) electrons. The zero-order chi connectivity index (χ0) is 13.7. The van der Waals surface area contributed by atoms with Crippen LogP contribution in [0.15, 0.2) is 18.6 Å². The maximum atomic E-state index is 5.90. The van der Waals surface area contributed by atoms with Gasteiger partial charge in [-0.2, -0.15) is 0 Å². The molecule has 0 aromatic carbocycles. The average Bonchev–Trinajstić information content (AvgIpc) is 2.76. The van der Waals surface area contributed by atoms with Crippen molar-refractivity contribution in [3.05, 3.63) is 24.3 Å². The fourth-order valence-electron chi connectivity index (χ4n) is 3.08. The third-order valence-corrected chi connectivity index (χ3v) is 3.83. The van der Waals surface area contributed by atoms with Gasteiger partial charge in [-0.3, -0.25) is 0 Å². The lowest BCUT2D eigenvalue weighted by molar-refractivity contribution is 0.0894. The number of rotatable bonds is 6. The summed E-state index contributed by atoms with van der Waals surface area (Å²) >= 11 is 0. The largest absolute Gasteiger partial charge is 0.378 e. The fourth-order valence-corrected chi connectivity index (χ4v) is 3.08. The smallest absolute Gasteiger partial charge is 0.115 e. The Morgan fingerprint density at radius 2 is 2.16 bits per heavy atom. The van der Waals surface area contributed by atoms with Crippen molar-refractivity contribution in [2.45, 2.75) is 52.6 Å². The molecule has 3 unspecified atom stereocenters. The van der Waals surface area contributed by atoms with Gasteiger partial charge in [-0.15, -0.1) is 0 Å². The minimum absolute atomic E-state index is 0.497. The van der Waals surface area contributed by atoms with Gasteiger partial charge in [0.05, 0.1) is 6.10 Å². The maximum absolute atomic E-state index is 5.90. The Balaban J connectivity index is 1.73. The second kappa shape index (κ2) is 6.99. The van der Waals surface area contributed by atoms with Gasteiger partial charge in [0, 0.05) is 18.5 Å². The summed E-state index contributed by atoms with van der Waals surface area (Å²) in [6.45, 7) is 7.81. The molecule has 0 N–H and O–H groups in total. The van der Waals surface area contributed by atoms with Gasteiger partial charge >= 0.3 is 0 Å². The number of hydrogen-bond donors (Lipinski definition) is 0. The van der Waals surface area contributed by atoms with Crippen molar-refractivity contribution in [1.29, 1.82) is 0 Å². The molecule has 1 aliphatic heterocycles. The molecule has 3 heteroatoms. The van der Waals surface area contributed by atoms with E-state index in [0.717, 1.165) is 30.6 Å². The van der Waals surface area contributed by atoms with E-state index in [0.29, 0.717) is 12.0 Å². The molecule has 19 heavy (non-hydrogen) atoms. The molecule has 0 aliphatic carbocycles. The molecule has 0 saturated carbocycles. The summed E-state index contributed by atoms with van der Waals surface area (Å²) in [5.41, 5.74) is 1.15. The lowest BCUT2D eigenvalue weighted by Gasteiger charge is -2.15. The third-order valence-electron chi connectivity index (χ3n) is 3.83. The van der Waals surface area contributed by atoms with Gasteiger partial charge in [0.25, 0.3) is 0 Å². The monoisotopic (exact) mass is 262 g/mol. The van der Waals surface area contributed by atoms with Crippen LogP contribution in [0, 0.1) is 17.8 Å². The highest BCUT2D eigenvalue weighted by Gasteiger charge is 2.27. The molecule has 1 saturated heterocycles. The quantitative estimate of drug-likeness (QED) is 0.787. The molecule has 2 rings (SSSR count). The van der Waals surface area contributed by atoms with E-state index in [1.165, 1.54) is 19.3 Å². The van der Waals surface area contributed by atoms with E-state index < -0.39 is 0 Å². The van der Waals surface area contributed by atoms with Crippen LogP contribution in [0.4, 0.5) is 0 Å². The molecule has 0 spiro atoms. The van der Waals surface area contributed by atoms with Crippen LogP contribution in [0.2, 0.25) is 0 Å². The summed E-state index contributed by atoms with van der Waals surface area (Å²) < 4.78 is 5.90. The van der Waals surface area contributed by atoms with Gasteiger partial charge < -0.3 is 4.74 Å². The Morgan fingerprint density at radius 3 is 2.84 bits per heavy atom. The van der Waals surface area contributed by atoms with Crippen LogP contribution in [0.25, 0.3) is 0 Å². The summed E-state index contributed by atoms with van der Waals surface area (Å²) in [6, 6.07) is 2.02. The molecule has 106 valence electrons. The first-order valence-corrected chi connectivity index (χ1v) is 7.50. The van der Waals surface area contributed by atoms with E-state index in [4.69, 9.17) is 4.74 Å². The molecule has 1 aromatic rings. The van der Waals surface area contributed by atoms with Crippen molar-refractivity contribution in [2.24, 2.45) is 17.8 Å². The second-order valence-electron chi connectivity index (χ2n) is 6.43. The van der Waals surface area contributed by atoms with Crippen molar-refractivity contribution in [2.75, 3.05) is 6.61 Å². The first kappa shape index (κ1) is 14.4. The maximum Gasteiger partial charge on any atom is 0.115 e. The minimum Gasteiger partial charge on any atom is -0.378 e. The highest BCUT2D eigenvalue weighted by atomic mass is 16.5. The van der Waals surface area contributed by atoms with Crippen LogP contribution in [0.3, 0.4) is 0 Å². The predicted octanol–water partition coefficient (Wildman–Crippen LogP) is 3.50. The fraction of sp³-hybridized carbons (Fsp3) is 0.750. The van der Waals surface area contributed by atoms with Crippen LogP contribution in [-0.2, 0) is 11.2 Å². The molecule has 1 aromatic heterocycles. The zero-order valence-corrected chi connectivity index (χ0v) is 12.4.